The molecular formula is C21H19F3N2. The van der Waals surface area contributed by atoms with E-state index < -0.39 is 11.6 Å². The van der Waals surface area contributed by atoms with Crippen LogP contribution in [0.25, 0.3) is 22.2 Å². The molecule has 0 saturated heterocycles. The van der Waals surface area contributed by atoms with Crippen LogP contribution >= 0.6 is 0 Å². The van der Waals surface area contributed by atoms with Crippen LogP contribution in [-0.4, -0.2) is 11.0 Å². The van der Waals surface area contributed by atoms with E-state index in [0.29, 0.717) is 5.39 Å². The Labute approximate surface area is 149 Å². The van der Waals surface area contributed by atoms with Gasteiger partial charge in [0.25, 0.3) is 0 Å². The maximum Gasteiger partial charge on any atom is 0.150 e. The minimum Gasteiger partial charge on any atom is -0.352 e. The molecule has 2 aliphatic carbocycles. The Balaban J connectivity index is 1.79. The lowest BCUT2D eigenvalue weighted by Crippen LogP contribution is -2.57. The average molecular weight is 356 g/mol. The summed E-state index contributed by atoms with van der Waals surface area (Å²) in [6.07, 6.45) is 4.31. The number of hydrogen-bond donors (Lipinski definition) is 2. The molecule has 5 heteroatoms. The van der Waals surface area contributed by atoms with Crippen molar-refractivity contribution in [2.75, 3.05) is 0 Å². The van der Waals surface area contributed by atoms with E-state index in [1.54, 1.807) is 12.1 Å². The highest BCUT2D eigenvalue weighted by atomic mass is 19.1. The quantitative estimate of drug-likeness (QED) is 0.648. The zero-order valence-electron chi connectivity index (χ0n) is 14.2. The van der Waals surface area contributed by atoms with Gasteiger partial charge >= 0.3 is 0 Å². The standard InChI is InChI=1S/C21H19F3N2/c22-12-4-2-11(3-5-12)19-17(18-16(25)10-21(18)6-1-7-21)14-8-13(23)9-15(24)20(14)26-19/h2-5,8-9,16,18,26H,1,6-7,10,25H2. The number of aromatic nitrogens is 1. The first-order valence-corrected chi connectivity index (χ1v) is 9.01. The fourth-order valence-corrected chi connectivity index (χ4v) is 5.08. The molecule has 0 radical (unpaired) electrons. The van der Waals surface area contributed by atoms with Crippen molar-refractivity contribution >= 4 is 10.9 Å². The molecule has 0 aliphatic heterocycles. The summed E-state index contributed by atoms with van der Waals surface area (Å²) in [4.78, 5) is 3.13. The van der Waals surface area contributed by atoms with E-state index in [-0.39, 0.29) is 28.7 Å². The van der Waals surface area contributed by atoms with Crippen LogP contribution < -0.4 is 5.73 Å². The van der Waals surface area contributed by atoms with Gasteiger partial charge in [-0.15, -0.1) is 0 Å². The first kappa shape index (κ1) is 15.9. The Hall–Kier alpha value is -2.27. The van der Waals surface area contributed by atoms with Crippen LogP contribution in [0.1, 0.15) is 37.2 Å². The third kappa shape index (κ3) is 2.10. The molecule has 5 rings (SSSR count). The van der Waals surface area contributed by atoms with Gasteiger partial charge in [0.2, 0.25) is 0 Å². The summed E-state index contributed by atoms with van der Waals surface area (Å²) in [6, 6.07) is 8.32. The van der Waals surface area contributed by atoms with Gasteiger partial charge in [-0.05, 0) is 66.1 Å². The number of fused-ring (bicyclic) bond motifs is 1. The maximum atomic E-state index is 14.4. The zero-order valence-corrected chi connectivity index (χ0v) is 14.2. The Bertz CT molecular complexity index is 1000. The molecule has 2 atom stereocenters. The van der Waals surface area contributed by atoms with Gasteiger partial charge in [-0.2, -0.15) is 0 Å². The van der Waals surface area contributed by atoms with Crippen molar-refractivity contribution in [2.45, 2.75) is 37.6 Å². The molecule has 1 spiro atoms. The Morgan fingerprint density at radius 2 is 1.73 bits per heavy atom. The monoisotopic (exact) mass is 356 g/mol. The third-order valence-electron chi connectivity index (χ3n) is 6.39. The summed E-state index contributed by atoms with van der Waals surface area (Å²) in [6.45, 7) is 0. The van der Waals surface area contributed by atoms with Crippen LogP contribution in [-0.2, 0) is 0 Å². The second-order valence-electron chi connectivity index (χ2n) is 7.79. The molecule has 1 aromatic heterocycles. The minimum absolute atomic E-state index is 0.0279. The Morgan fingerprint density at radius 3 is 2.35 bits per heavy atom. The number of nitrogens with one attached hydrogen (secondary N) is 1. The third-order valence-corrected chi connectivity index (χ3v) is 6.39. The number of halogens is 3. The predicted molar refractivity (Wildman–Crippen MR) is 95.2 cm³/mol. The number of aromatic amines is 1. The van der Waals surface area contributed by atoms with Gasteiger partial charge in [0.1, 0.15) is 17.5 Å². The zero-order chi connectivity index (χ0) is 18.1. The van der Waals surface area contributed by atoms with Gasteiger partial charge < -0.3 is 10.7 Å². The largest absolute Gasteiger partial charge is 0.352 e. The van der Waals surface area contributed by atoms with Gasteiger partial charge in [0.15, 0.2) is 0 Å². The summed E-state index contributed by atoms with van der Waals surface area (Å²) in [5.41, 5.74) is 9.16. The second kappa shape index (κ2) is 5.36. The van der Waals surface area contributed by atoms with E-state index in [9.17, 15) is 13.2 Å². The molecule has 2 fully saturated rings. The molecule has 2 nitrogen and oxygen atoms in total. The molecule has 0 bridgehead atoms. The molecule has 134 valence electrons. The topological polar surface area (TPSA) is 41.8 Å². The average Bonchev–Trinajstić information content (AvgIpc) is 2.91. The molecule has 26 heavy (non-hydrogen) atoms. The van der Waals surface area contributed by atoms with Crippen molar-refractivity contribution in [3.05, 3.63) is 59.4 Å². The molecule has 2 aromatic carbocycles. The Kier molecular flexibility index (Phi) is 3.29. The number of nitrogens with two attached hydrogens (primary N) is 1. The van der Waals surface area contributed by atoms with Crippen LogP contribution in [0.3, 0.4) is 0 Å². The lowest BCUT2D eigenvalue weighted by molar-refractivity contribution is -0.0205. The van der Waals surface area contributed by atoms with E-state index in [2.05, 4.69) is 4.98 Å². The van der Waals surface area contributed by atoms with E-state index in [0.717, 1.165) is 42.1 Å². The normalized spacial score (nSPS) is 23.8. The van der Waals surface area contributed by atoms with Crippen molar-refractivity contribution < 1.29 is 13.2 Å². The number of hydrogen-bond acceptors (Lipinski definition) is 1. The fraction of sp³-hybridized carbons (Fsp3) is 0.333. The van der Waals surface area contributed by atoms with Crippen molar-refractivity contribution in [3.63, 3.8) is 0 Å². The lowest BCUT2D eigenvalue weighted by Gasteiger charge is -2.60. The van der Waals surface area contributed by atoms with Crippen LogP contribution in [0.4, 0.5) is 13.2 Å². The molecule has 2 aliphatic rings. The SMILES string of the molecule is NC1CC2(CCC2)C1c1c(-c2ccc(F)cc2)[nH]c2c(F)cc(F)cc12. The Morgan fingerprint density at radius 1 is 1.00 bits per heavy atom. The molecule has 0 amide bonds. The smallest absolute Gasteiger partial charge is 0.150 e. The summed E-state index contributed by atoms with van der Waals surface area (Å²) in [5.74, 6) is -1.49. The van der Waals surface area contributed by atoms with E-state index >= 15 is 0 Å². The van der Waals surface area contributed by atoms with Crippen LogP contribution in [0.5, 0.6) is 0 Å². The van der Waals surface area contributed by atoms with Crippen molar-refractivity contribution in [3.8, 4) is 11.3 Å². The highest BCUT2D eigenvalue weighted by Crippen LogP contribution is 2.65. The highest BCUT2D eigenvalue weighted by molar-refractivity contribution is 5.92. The number of benzene rings is 2. The number of H-pyrrole nitrogens is 1. The van der Waals surface area contributed by atoms with E-state index in [4.69, 9.17) is 5.73 Å². The molecule has 2 saturated carbocycles. The van der Waals surface area contributed by atoms with Crippen molar-refractivity contribution in [1.82, 2.24) is 4.98 Å². The lowest BCUT2D eigenvalue weighted by atomic mass is 9.46. The van der Waals surface area contributed by atoms with Crippen LogP contribution in [0, 0.1) is 22.9 Å². The van der Waals surface area contributed by atoms with Crippen molar-refractivity contribution in [2.24, 2.45) is 11.1 Å². The van der Waals surface area contributed by atoms with Gasteiger partial charge in [-0.3, -0.25) is 0 Å². The molecule has 3 aromatic rings. The van der Waals surface area contributed by atoms with E-state index in [1.165, 1.54) is 24.6 Å². The van der Waals surface area contributed by atoms with E-state index in [1.807, 2.05) is 0 Å². The molecular weight excluding hydrogens is 337 g/mol. The molecule has 2 unspecified atom stereocenters. The van der Waals surface area contributed by atoms with Crippen LogP contribution in [0.15, 0.2) is 36.4 Å². The summed E-state index contributed by atoms with van der Waals surface area (Å²) in [7, 11) is 0. The van der Waals surface area contributed by atoms with Gasteiger partial charge in [-0.25, -0.2) is 13.2 Å². The highest BCUT2D eigenvalue weighted by Gasteiger charge is 2.57. The van der Waals surface area contributed by atoms with Crippen molar-refractivity contribution in [1.29, 1.82) is 0 Å². The fourth-order valence-electron chi connectivity index (χ4n) is 5.08. The predicted octanol–water partition coefficient (Wildman–Crippen LogP) is 5.24. The number of rotatable bonds is 2. The molecule has 1 heterocycles. The van der Waals surface area contributed by atoms with Gasteiger partial charge in [0.05, 0.1) is 11.2 Å². The maximum absolute atomic E-state index is 14.4. The minimum atomic E-state index is -0.620. The summed E-state index contributed by atoms with van der Waals surface area (Å²) in [5, 5.41) is 0.549. The molecule has 3 N–H and O–H groups in total. The first-order valence-electron chi connectivity index (χ1n) is 9.01. The van der Waals surface area contributed by atoms with Crippen LogP contribution in [0.2, 0.25) is 0 Å². The summed E-state index contributed by atoms with van der Waals surface area (Å²) < 4.78 is 41.8. The first-order chi connectivity index (χ1) is 12.5. The second-order valence-corrected chi connectivity index (χ2v) is 7.79. The summed E-state index contributed by atoms with van der Waals surface area (Å²) >= 11 is 0. The van der Waals surface area contributed by atoms with Gasteiger partial charge in [-0.1, -0.05) is 6.42 Å². The van der Waals surface area contributed by atoms with Gasteiger partial charge in [0, 0.05) is 23.4 Å².